The van der Waals surface area contributed by atoms with Crippen molar-refractivity contribution in [2.24, 2.45) is 0 Å². The van der Waals surface area contributed by atoms with Crippen LogP contribution < -0.4 is 20.7 Å². The fourth-order valence-corrected chi connectivity index (χ4v) is 5.22. The van der Waals surface area contributed by atoms with E-state index in [2.05, 4.69) is 4.90 Å². The van der Waals surface area contributed by atoms with Gasteiger partial charge in [0.25, 0.3) is 5.91 Å². The third kappa shape index (κ3) is 7.61. The number of hydrazine groups is 1. The maximum atomic E-state index is 15.1. The number of nitrogens with zero attached hydrogens (tertiary/aromatic N) is 3. The maximum Gasteiger partial charge on any atom is 0.472 e. The summed E-state index contributed by atoms with van der Waals surface area (Å²) < 4.78 is 75.7. The molecule has 1 fully saturated rings. The summed E-state index contributed by atoms with van der Waals surface area (Å²) in [7, 11) is -3.26. The summed E-state index contributed by atoms with van der Waals surface area (Å²) in [5.74, 6) is -4.90. The van der Waals surface area contributed by atoms with E-state index in [1.54, 1.807) is 17.6 Å². The molecule has 1 saturated heterocycles. The van der Waals surface area contributed by atoms with Gasteiger partial charge in [0.2, 0.25) is 0 Å². The summed E-state index contributed by atoms with van der Waals surface area (Å²) in [5, 5.41) is 0. The molecule has 2 N–H and O–H groups in total. The predicted octanol–water partition coefficient (Wildman–Crippen LogP) is 2.85. The Morgan fingerprint density at radius 1 is 0.925 bits per heavy atom. The van der Waals surface area contributed by atoms with Crippen molar-refractivity contribution in [2.75, 3.05) is 47.5 Å². The number of hydrogen-bond acceptors (Lipinski definition) is 6. The Balaban J connectivity index is 1.85. The molecule has 1 aliphatic heterocycles. The van der Waals surface area contributed by atoms with Crippen molar-refractivity contribution in [2.45, 2.75) is 26.6 Å². The van der Waals surface area contributed by atoms with E-state index in [1.807, 2.05) is 26.0 Å². The molecule has 0 bridgehead atoms. The first-order valence-electron chi connectivity index (χ1n) is 12.3. The van der Waals surface area contributed by atoms with Crippen LogP contribution in [0.5, 0.6) is 0 Å². The van der Waals surface area contributed by atoms with Crippen LogP contribution in [0.1, 0.15) is 29.8 Å². The van der Waals surface area contributed by atoms with Crippen molar-refractivity contribution in [1.29, 1.82) is 0 Å². The number of halogens is 4. The topological polar surface area (TPSA) is 119 Å². The van der Waals surface area contributed by atoms with Crippen LogP contribution >= 0.6 is 0 Å². The fraction of sp³-hybridized carbons (Fsp3) is 0.400. The van der Waals surface area contributed by atoms with E-state index in [0.29, 0.717) is 5.69 Å². The maximum absolute atomic E-state index is 15.1. The van der Waals surface area contributed by atoms with Crippen molar-refractivity contribution < 1.29 is 40.4 Å². The molecular weight excluding hydrogens is 558 g/mol. The standard InChI is InChI=1S/C25H29F4N5O5S/c1-3-32(4-2)19-7-9-20(10-8-19)34(24(37)33-11-13-40(38,39)14-12-33)16-18-6-5-17(15-21(18)26)22(35)30-31-23(36)25(27,28)29/h5-10,15H,3-4,11-14,16H2,1-2H3,(H,30,35)(H,31,36). The summed E-state index contributed by atoms with van der Waals surface area (Å²) in [5.41, 5.74) is 3.70. The summed E-state index contributed by atoms with van der Waals surface area (Å²) in [6.45, 7) is 5.16. The van der Waals surface area contributed by atoms with Crippen molar-refractivity contribution >= 4 is 39.1 Å². The largest absolute Gasteiger partial charge is 0.472 e. The number of urea groups is 1. The van der Waals surface area contributed by atoms with Crippen LogP contribution in [0.25, 0.3) is 0 Å². The van der Waals surface area contributed by atoms with Gasteiger partial charge < -0.3 is 9.80 Å². The summed E-state index contributed by atoms with van der Waals surface area (Å²) in [6.07, 6.45) is -5.22. The molecular formula is C25H29F4N5O5S. The number of alkyl halides is 3. The van der Waals surface area contributed by atoms with Crippen LogP contribution in [-0.4, -0.2) is 75.0 Å². The monoisotopic (exact) mass is 587 g/mol. The minimum absolute atomic E-state index is 0.0123. The third-order valence-electron chi connectivity index (χ3n) is 6.33. The Morgan fingerprint density at radius 2 is 1.50 bits per heavy atom. The lowest BCUT2D eigenvalue weighted by atomic mass is 10.1. The van der Waals surface area contributed by atoms with E-state index >= 15 is 4.39 Å². The number of sulfone groups is 1. The highest BCUT2D eigenvalue weighted by atomic mass is 32.2. The molecule has 1 heterocycles. The molecule has 40 heavy (non-hydrogen) atoms. The van der Waals surface area contributed by atoms with Crippen LogP contribution in [0.3, 0.4) is 0 Å². The Labute approximate surface area is 228 Å². The van der Waals surface area contributed by atoms with Gasteiger partial charge in [0, 0.05) is 48.7 Å². The second kappa shape index (κ2) is 12.5. The summed E-state index contributed by atoms with van der Waals surface area (Å²) in [4.78, 5) is 41.2. The zero-order valence-electron chi connectivity index (χ0n) is 21.8. The zero-order valence-corrected chi connectivity index (χ0v) is 22.6. The minimum atomic E-state index is -5.22. The average Bonchev–Trinajstić information content (AvgIpc) is 2.91. The molecule has 10 nitrogen and oxygen atoms in total. The highest BCUT2D eigenvalue weighted by molar-refractivity contribution is 7.91. The van der Waals surface area contributed by atoms with Gasteiger partial charge in [0.15, 0.2) is 9.84 Å². The third-order valence-corrected chi connectivity index (χ3v) is 7.94. The first-order valence-corrected chi connectivity index (χ1v) is 14.2. The molecule has 4 amide bonds. The summed E-state index contributed by atoms with van der Waals surface area (Å²) in [6, 6.07) is 9.55. The average molecular weight is 588 g/mol. The van der Waals surface area contributed by atoms with E-state index in [9.17, 15) is 36.0 Å². The number of rotatable bonds is 7. The van der Waals surface area contributed by atoms with Gasteiger partial charge in [-0.25, -0.2) is 17.6 Å². The number of amides is 4. The summed E-state index contributed by atoms with van der Waals surface area (Å²) >= 11 is 0. The molecule has 0 atom stereocenters. The van der Waals surface area contributed by atoms with Crippen molar-refractivity contribution in [3.05, 3.63) is 59.4 Å². The van der Waals surface area contributed by atoms with Gasteiger partial charge in [-0.05, 0) is 50.2 Å². The molecule has 0 aromatic heterocycles. The highest BCUT2D eigenvalue weighted by Crippen LogP contribution is 2.25. The number of carbonyl (C=O) groups is 3. The SMILES string of the molecule is CCN(CC)c1ccc(N(Cc2ccc(C(=O)NNC(=O)C(F)(F)F)cc2F)C(=O)N2CCS(=O)(=O)CC2)cc1. The lowest BCUT2D eigenvalue weighted by Gasteiger charge is -2.33. The number of anilines is 2. The molecule has 3 rings (SSSR count). The Kier molecular flexibility index (Phi) is 9.60. The first-order chi connectivity index (χ1) is 18.8. The van der Waals surface area contributed by atoms with Crippen LogP contribution in [-0.2, 0) is 21.2 Å². The second-order valence-electron chi connectivity index (χ2n) is 8.91. The van der Waals surface area contributed by atoms with Gasteiger partial charge in [-0.3, -0.25) is 25.3 Å². The molecule has 2 aromatic rings. The molecule has 0 unspecified atom stereocenters. The molecule has 0 radical (unpaired) electrons. The van der Waals surface area contributed by atoms with Gasteiger partial charge >= 0.3 is 18.1 Å². The zero-order chi connectivity index (χ0) is 29.7. The Bertz CT molecular complexity index is 1330. The molecule has 2 aromatic carbocycles. The van der Waals surface area contributed by atoms with Crippen LogP contribution in [0, 0.1) is 5.82 Å². The molecule has 15 heteroatoms. The first kappa shape index (κ1) is 30.7. The van der Waals surface area contributed by atoms with E-state index in [4.69, 9.17) is 0 Å². The Hall–Kier alpha value is -3.88. The minimum Gasteiger partial charge on any atom is -0.372 e. The van der Waals surface area contributed by atoms with Crippen LogP contribution in [0.2, 0.25) is 0 Å². The Morgan fingerprint density at radius 3 is 2.02 bits per heavy atom. The molecule has 0 aliphatic carbocycles. The molecule has 1 aliphatic rings. The molecule has 218 valence electrons. The fourth-order valence-electron chi connectivity index (χ4n) is 4.02. The van der Waals surface area contributed by atoms with Crippen LogP contribution in [0.15, 0.2) is 42.5 Å². The van der Waals surface area contributed by atoms with E-state index in [0.717, 1.165) is 30.9 Å². The second-order valence-corrected chi connectivity index (χ2v) is 11.2. The molecule has 0 saturated carbocycles. The van der Waals surface area contributed by atoms with Crippen molar-refractivity contribution in [3.8, 4) is 0 Å². The normalized spacial score (nSPS) is 14.8. The van der Waals surface area contributed by atoms with E-state index in [-0.39, 0.29) is 42.3 Å². The lowest BCUT2D eigenvalue weighted by Crippen LogP contribution is -2.49. The van der Waals surface area contributed by atoms with E-state index in [1.165, 1.54) is 21.3 Å². The number of nitrogens with one attached hydrogen (secondary N) is 2. The highest BCUT2D eigenvalue weighted by Gasteiger charge is 2.39. The van der Waals surface area contributed by atoms with Gasteiger partial charge in [0.05, 0.1) is 18.1 Å². The van der Waals surface area contributed by atoms with Gasteiger partial charge in [-0.1, -0.05) is 6.07 Å². The quantitative estimate of drug-likeness (QED) is 0.380. The number of carbonyl (C=O) groups excluding carboxylic acids is 3. The predicted molar refractivity (Wildman–Crippen MR) is 140 cm³/mol. The smallest absolute Gasteiger partial charge is 0.372 e. The number of hydrogen-bond donors (Lipinski definition) is 2. The number of benzene rings is 2. The van der Waals surface area contributed by atoms with Crippen molar-refractivity contribution in [1.82, 2.24) is 15.8 Å². The van der Waals surface area contributed by atoms with Gasteiger partial charge in [0.1, 0.15) is 5.82 Å². The van der Waals surface area contributed by atoms with Crippen LogP contribution in [0.4, 0.5) is 33.7 Å². The van der Waals surface area contributed by atoms with Gasteiger partial charge in [-0.15, -0.1) is 0 Å². The lowest BCUT2D eigenvalue weighted by molar-refractivity contribution is -0.174. The molecule has 0 spiro atoms. The van der Waals surface area contributed by atoms with E-state index < -0.39 is 39.7 Å². The van der Waals surface area contributed by atoms with Gasteiger partial charge in [-0.2, -0.15) is 13.2 Å². The van der Waals surface area contributed by atoms with Crippen molar-refractivity contribution in [3.63, 3.8) is 0 Å².